The molecule has 0 unspecified atom stereocenters. The molecule has 4 heteroatoms. The summed E-state index contributed by atoms with van der Waals surface area (Å²) in [6, 6.07) is 5.98. The van der Waals surface area contributed by atoms with Crippen molar-refractivity contribution in [2.45, 2.75) is 52.6 Å². The average molecular weight is 308 g/mol. The van der Waals surface area contributed by atoms with Crippen molar-refractivity contribution in [3.63, 3.8) is 0 Å². The molecule has 1 heterocycles. The lowest BCUT2D eigenvalue weighted by molar-refractivity contribution is 0.307. The summed E-state index contributed by atoms with van der Waals surface area (Å²) in [6.45, 7) is 7.49. The molecule has 0 radical (unpaired) electrons. The Morgan fingerprint density at radius 2 is 1.95 bits per heavy atom. The van der Waals surface area contributed by atoms with Crippen LogP contribution in [-0.2, 0) is 13.1 Å². The number of hydrogen-bond acceptors (Lipinski definition) is 2. The molecule has 1 aromatic heterocycles. The smallest absolute Gasteiger partial charge is 0.124 e. The average Bonchev–Trinajstić information content (AvgIpc) is 2.79. The maximum absolute atomic E-state index is 6.16. The first-order valence-electron chi connectivity index (χ1n) is 7.99. The number of unbranched alkanes of at least 4 members (excludes halogenated alkanes) is 2. The van der Waals surface area contributed by atoms with Crippen LogP contribution in [0.4, 0.5) is 0 Å². The molecule has 0 atom stereocenters. The SMILES string of the molecule is CCCCN(C)Cc1nc2ccc(Cl)cc2n1CCCC. The van der Waals surface area contributed by atoms with Crippen molar-refractivity contribution in [3.8, 4) is 0 Å². The van der Waals surface area contributed by atoms with Gasteiger partial charge in [-0.2, -0.15) is 0 Å². The zero-order valence-corrected chi connectivity index (χ0v) is 14.2. The molecule has 1 aromatic carbocycles. The van der Waals surface area contributed by atoms with E-state index in [9.17, 15) is 0 Å². The molecule has 2 rings (SSSR count). The molecule has 0 aliphatic carbocycles. The van der Waals surface area contributed by atoms with Crippen LogP contribution in [0.2, 0.25) is 5.02 Å². The topological polar surface area (TPSA) is 21.1 Å². The van der Waals surface area contributed by atoms with Gasteiger partial charge in [0.1, 0.15) is 5.82 Å². The van der Waals surface area contributed by atoms with Gasteiger partial charge in [-0.1, -0.05) is 38.3 Å². The lowest BCUT2D eigenvalue weighted by atomic mass is 10.3. The number of aromatic nitrogens is 2. The van der Waals surface area contributed by atoms with E-state index < -0.39 is 0 Å². The summed E-state index contributed by atoms with van der Waals surface area (Å²) in [5, 5.41) is 0.783. The lowest BCUT2D eigenvalue weighted by Gasteiger charge is -2.17. The number of rotatable bonds is 8. The van der Waals surface area contributed by atoms with Gasteiger partial charge in [0.25, 0.3) is 0 Å². The van der Waals surface area contributed by atoms with Crippen LogP contribution in [-0.4, -0.2) is 28.0 Å². The zero-order chi connectivity index (χ0) is 15.2. The summed E-state index contributed by atoms with van der Waals surface area (Å²) in [5.74, 6) is 1.15. The summed E-state index contributed by atoms with van der Waals surface area (Å²) < 4.78 is 2.34. The normalized spacial score (nSPS) is 11.7. The molecule has 2 aromatic rings. The molecule has 0 saturated carbocycles. The van der Waals surface area contributed by atoms with E-state index in [0.29, 0.717) is 0 Å². The van der Waals surface area contributed by atoms with E-state index in [1.165, 1.54) is 25.7 Å². The van der Waals surface area contributed by atoms with E-state index in [1.807, 2.05) is 18.2 Å². The summed E-state index contributed by atoms with van der Waals surface area (Å²) in [5.41, 5.74) is 2.21. The Balaban J connectivity index is 2.27. The van der Waals surface area contributed by atoms with Crippen LogP contribution >= 0.6 is 11.6 Å². The van der Waals surface area contributed by atoms with Crippen LogP contribution in [0.5, 0.6) is 0 Å². The first kappa shape index (κ1) is 16.3. The number of hydrogen-bond donors (Lipinski definition) is 0. The monoisotopic (exact) mass is 307 g/mol. The zero-order valence-electron chi connectivity index (χ0n) is 13.4. The molecule has 3 nitrogen and oxygen atoms in total. The van der Waals surface area contributed by atoms with Crippen molar-refractivity contribution >= 4 is 22.6 Å². The van der Waals surface area contributed by atoms with E-state index >= 15 is 0 Å². The fourth-order valence-electron chi connectivity index (χ4n) is 2.58. The molecule has 116 valence electrons. The van der Waals surface area contributed by atoms with Gasteiger partial charge in [0.15, 0.2) is 0 Å². The second-order valence-electron chi connectivity index (χ2n) is 5.76. The van der Waals surface area contributed by atoms with Crippen molar-refractivity contribution in [2.75, 3.05) is 13.6 Å². The van der Waals surface area contributed by atoms with E-state index in [-0.39, 0.29) is 0 Å². The van der Waals surface area contributed by atoms with E-state index in [1.54, 1.807) is 0 Å². The second kappa shape index (κ2) is 7.81. The Labute approximate surface area is 132 Å². The molecule has 0 aliphatic heterocycles. The largest absolute Gasteiger partial charge is 0.327 e. The number of imidazole rings is 1. The first-order chi connectivity index (χ1) is 10.2. The fraction of sp³-hybridized carbons (Fsp3) is 0.588. The Morgan fingerprint density at radius 3 is 2.67 bits per heavy atom. The van der Waals surface area contributed by atoms with E-state index in [4.69, 9.17) is 16.6 Å². The third-order valence-corrected chi connectivity index (χ3v) is 4.06. The minimum absolute atomic E-state index is 0.783. The van der Waals surface area contributed by atoms with Crippen molar-refractivity contribution in [3.05, 3.63) is 29.0 Å². The van der Waals surface area contributed by atoms with Gasteiger partial charge < -0.3 is 4.57 Å². The molecule has 0 aliphatic rings. The van der Waals surface area contributed by atoms with Gasteiger partial charge in [-0.05, 0) is 44.6 Å². The van der Waals surface area contributed by atoms with Gasteiger partial charge in [-0.3, -0.25) is 4.90 Å². The number of fused-ring (bicyclic) bond motifs is 1. The predicted octanol–water partition coefficient (Wildman–Crippen LogP) is 4.72. The highest BCUT2D eigenvalue weighted by molar-refractivity contribution is 6.31. The highest BCUT2D eigenvalue weighted by Crippen LogP contribution is 2.22. The van der Waals surface area contributed by atoms with Crippen LogP contribution in [0, 0.1) is 0 Å². The van der Waals surface area contributed by atoms with Crippen LogP contribution in [0.3, 0.4) is 0 Å². The fourth-order valence-corrected chi connectivity index (χ4v) is 2.75. The predicted molar refractivity (Wildman–Crippen MR) is 90.9 cm³/mol. The van der Waals surface area contributed by atoms with Crippen molar-refractivity contribution < 1.29 is 0 Å². The van der Waals surface area contributed by atoms with Crippen molar-refractivity contribution in [1.82, 2.24) is 14.5 Å². The number of aryl methyl sites for hydroxylation is 1. The highest BCUT2D eigenvalue weighted by atomic mass is 35.5. The van der Waals surface area contributed by atoms with Gasteiger partial charge in [0.05, 0.1) is 17.6 Å². The van der Waals surface area contributed by atoms with Crippen LogP contribution in [0.25, 0.3) is 11.0 Å². The lowest BCUT2D eigenvalue weighted by Crippen LogP contribution is -2.21. The summed E-state index contributed by atoms with van der Waals surface area (Å²) in [4.78, 5) is 7.17. The summed E-state index contributed by atoms with van der Waals surface area (Å²) in [6.07, 6.45) is 4.82. The Bertz CT molecular complexity index is 577. The Kier molecular flexibility index (Phi) is 6.07. The number of benzene rings is 1. The minimum Gasteiger partial charge on any atom is -0.327 e. The van der Waals surface area contributed by atoms with E-state index in [2.05, 4.69) is 30.4 Å². The Morgan fingerprint density at radius 1 is 1.19 bits per heavy atom. The molecule has 0 amide bonds. The Hall–Kier alpha value is -1.06. The molecule has 21 heavy (non-hydrogen) atoms. The summed E-state index contributed by atoms with van der Waals surface area (Å²) >= 11 is 6.16. The van der Waals surface area contributed by atoms with E-state index in [0.717, 1.165) is 41.5 Å². The molecular weight excluding hydrogens is 282 g/mol. The molecule has 0 spiro atoms. The summed E-state index contributed by atoms with van der Waals surface area (Å²) in [7, 11) is 2.17. The third-order valence-electron chi connectivity index (χ3n) is 3.83. The molecule has 0 bridgehead atoms. The van der Waals surface area contributed by atoms with Gasteiger partial charge >= 0.3 is 0 Å². The van der Waals surface area contributed by atoms with Crippen molar-refractivity contribution in [1.29, 1.82) is 0 Å². The standard InChI is InChI=1S/C17H26ClN3/c1-4-6-10-20(3)13-17-19-15-9-8-14(18)12-16(15)21(17)11-7-5-2/h8-9,12H,4-7,10-11,13H2,1-3H3. The molecular formula is C17H26ClN3. The van der Waals surface area contributed by atoms with Gasteiger partial charge in [-0.15, -0.1) is 0 Å². The van der Waals surface area contributed by atoms with Crippen LogP contribution in [0.15, 0.2) is 18.2 Å². The van der Waals surface area contributed by atoms with Crippen LogP contribution in [0.1, 0.15) is 45.4 Å². The molecule has 0 fully saturated rings. The van der Waals surface area contributed by atoms with Crippen molar-refractivity contribution in [2.24, 2.45) is 0 Å². The maximum atomic E-state index is 6.16. The van der Waals surface area contributed by atoms with Crippen LogP contribution < -0.4 is 0 Å². The third kappa shape index (κ3) is 4.21. The molecule has 0 saturated heterocycles. The first-order valence-corrected chi connectivity index (χ1v) is 8.36. The molecule has 0 N–H and O–H groups in total. The van der Waals surface area contributed by atoms with Gasteiger partial charge in [-0.25, -0.2) is 4.98 Å². The number of nitrogens with zero attached hydrogens (tertiary/aromatic N) is 3. The number of halogens is 1. The maximum Gasteiger partial charge on any atom is 0.124 e. The minimum atomic E-state index is 0.783. The van der Waals surface area contributed by atoms with Gasteiger partial charge in [0, 0.05) is 11.6 Å². The highest BCUT2D eigenvalue weighted by Gasteiger charge is 2.12. The second-order valence-corrected chi connectivity index (χ2v) is 6.19. The van der Waals surface area contributed by atoms with Gasteiger partial charge in [0.2, 0.25) is 0 Å². The quantitative estimate of drug-likeness (QED) is 0.703.